The molecule has 7 heteroatoms. The molecule has 3 rings (SSSR count). The number of carbonyl (C=O) groups is 2. The van der Waals surface area contributed by atoms with Gasteiger partial charge in [-0.25, -0.2) is 4.98 Å². The molecule has 0 atom stereocenters. The van der Waals surface area contributed by atoms with Gasteiger partial charge in [0.25, 0.3) is 5.91 Å². The summed E-state index contributed by atoms with van der Waals surface area (Å²) in [6.07, 6.45) is 1.43. The van der Waals surface area contributed by atoms with Gasteiger partial charge in [-0.3, -0.25) is 9.59 Å². The molecule has 2 aromatic rings. The molecule has 1 fully saturated rings. The summed E-state index contributed by atoms with van der Waals surface area (Å²) >= 11 is 0. The minimum atomic E-state index is -0.452. The zero-order valence-electron chi connectivity index (χ0n) is 13.2. The Balaban J connectivity index is 1.74. The van der Waals surface area contributed by atoms with Crippen LogP contribution in [0.4, 0.5) is 5.69 Å². The Hall–Kier alpha value is -3.09. The van der Waals surface area contributed by atoms with E-state index in [4.69, 9.17) is 4.74 Å². The van der Waals surface area contributed by atoms with Gasteiger partial charge in [0.2, 0.25) is 5.91 Å². The first-order valence-corrected chi connectivity index (χ1v) is 7.48. The normalized spacial score (nSPS) is 14.6. The molecule has 1 aliphatic heterocycles. The van der Waals surface area contributed by atoms with Gasteiger partial charge in [0, 0.05) is 31.0 Å². The third-order valence-electron chi connectivity index (χ3n) is 3.86. The maximum atomic E-state index is 12.4. The van der Waals surface area contributed by atoms with Crippen LogP contribution in [0.3, 0.4) is 0 Å². The molecule has 1 aromatic carbocycles. The molecular formula is C17H17N3O4. The first-order valence-electron chi connectivity index (χ1n) is 7.48. The van der Waals surface area contributed by atoms with Gasteiger partial charge < -0.3 is 19.6 Å². The van der Waals surface area contributed by atoms with Crippen molar-refractivity contribution in [2.75, 3.05) is 31.6 Å². The Bertz CT molecular complexity index is 778. The zero-order valence-corrected chi connectivity index (χ0v) is 13.2. The lowest BCUT2D eigenvalue weighted by atomic mass is 10.2. The highest BCUT2D eigenvalue weighted by Crippen LogP contribution is 2.23. The number of rotatable bonds is 3. The maximum absolute atomic E-state index is 12.4. The van der Waals surface area contributed by atoms with Crippen LogP contribution < -0.4 is 9.64 Å². The number of carbonyl (C=O) groups excluding carboxylic acids is 2. The first-order chi connectivity index (χ1) is 11.6. The number of nitrogens with zero attached hydrogens (tertiary/aromatic N) is 3. The van der Waals surface area contributed by atoms with Crippen LogP contribution in [0.25, 0.3) is 0 Å². The SMILES string of the molecule is COc1cccc(N2CCN(C(=O)c3ncccc3O)CC2=O)c1. The van der Waals surface area contributed by atoms with E-state index in [-0.39, 0.29) is 23.9 Å². The van der Waals surface area contributed by atoms with E-state index in [9.17, 15) is 14.7 Å². The summed E-state index contributed by atoms with van der Waals surface area (Å²) in [6.45, 7) is 0.662. The van der Waals surface area contributed by atoms with Gasteiger partial charge in [0.15, 0.2) is 5.69 Å². The quantitative estimate of drug-likeness (QED) is 0.918. The molecule has 0 spiro atoms. The van der Waals surface area contributed by atoms with Crippen molar-refractivity contribution >= 4 is 17.5 Å². The largest absolute Gasteiger partial charge is 0.505 e. The fourth-order valence-corrected chi connectivity index (χ4v) is 2.61. The van der Waals surface area contributed by atoms with Gasteiger partial charge in [-0.1, -0.05) is 6.07 Å². The molecule has 2 amide bonds. The van der Waals surface area contributed by atoms with E-state index >= 15 is 0 Å². The molecule has 24 heavy (non-hydrogen) atoms. The Kier molecular flexibility index (Phi) is 4.33. The molecule has 7 nitrogen and oxygen atoms in total. The fourth-order valence-electron chi connectivity index (χ4n) is 2.61. The maximum Gasteiger partial charge on any atom is 0.276 e. The van der Waals surface area contributed by atoms with Crippen molar-refractivity contribution < 1.29 is 19.4 Å². The lowest BCUT2D eigenvalue weighted by Crippen LogP contribution is -2.52. The summed E-state index contributed by atoms with van der Waals surface area (Å²) < 4.78 is 5.17. The minimum absolute atomic E-state index is 0.0415. The smallest absolute Gasteiger partial charge is 0.276 e. The van der Waals surface area contributed by atoms with Crippen molar-refractivity contribution in [1.29, 1.82) is 0 Å². The number of hydrogen-bond acceptors (Lipinski definition) is 5. The van der Waals surface area contributed by atoms with Crippen LogP contribution in [-0.2, 0) is 4.79 Å². The molecule has 0 unspecified atom stereocenters. The van der Waals surface area contributed by atoms with Crippen LogP contribution in [0.15, 0.2) is 42.6 Å². The highest BCUT2D eigenvalue weighted by molar-refractivity contribution is 6.01. The number of benzene rings is 1. The Morgan fingerprint density at radius 3 is 2.79 bits per heavy atom. The van der Waals surface area contributed by atoms with Crippen LogP contribution in [0.2, 0.25) is 0 Å². The second-order valence-electron chi connectivity index (χ2n) is 5.34. The van der Waals surface area contributed by atoms with Crippen LogP contribution in [0, 0.1) is 0 Å². The second kappa shape index (κ2) is 6.57. The molecule has 1 N–H and O–H groups in total. The Morgan fingerprint density at radius 1 is 1.25 bits per heavy atom. The molecule has 0 bridgehead atoms. The number of piperazine rings is 1. The molecule has 0 aliphatic carbocycles. The molecule has 1 saturated heterocycles. The molecule has 1 aromatic heterocycles. The van der Waals surface area contributed by atoms with E-state index in [0.29, 0.717) is 18.8 Å². The van der Waals surface area contributed by atoms with E-state index in [2.05, 4.69) is 4.98 Å². The molecule has 1 aliphatic rings. The van der Waals surface area contributed by atoms with Crippen LogP contribution in [0.1, 0.15) is 10.5 Å². The van der Waals surface area contributed by atoms with Crippen molar-refractivity contribution in [1.82, 2.24) is 9.88 Å². The highest BCUT2D eigenvalue weighted by atomic mass is 16.5. The summed E-state index contributed by atoms with van der Waals surface area (Å²) in [6, 6.07) is 10.2. The van der Waals surface area contributed by atoms with Crippen LogP contribution >= 0.6 is 0 Å². The predicted molar refractivity (Wildman–Crippen MR) is 87.2 cm³/mol. The van der Waals surface area contributed by atoms with E-state index in [0.717, 1.165) is 5.69 Å². The monoisotopic (exact) mass is 327 g/mol. The third-order valence-corrected chi connectivity index (χ3v) is 3.86. The van der Waals surface area contributed by atoms with Gasteiger partial charge in [-0.05, 0) is 24.3 Å². The summed E-state index contributed by atoms with van der Waals surface area (Å²) in [5.74, 6) is -0.174. The molecule has 124 valence electrons. The number of methoxy groups -OCH3 is 1. The number of anilines is 1. The Morgan fingerprint density at radius 2 is 2.08 bits per heavy atom. The van der Waals surface area contributed by atoms with Crippen molar-refractivity contribution in [3.63, 3.8) is 0 Å². The van der Waals surface area contributed by atoms with Crippen LogP contribution in [-0.4, -0.2) is 53.5 Å². The molecular weight excluding hydrogens is 310 g/mol. The first kappa shape index (κ1) is 15.8. The van der Waals surface area contributed by atoms with Crippen molar-refractivity contribution in [3.05, 3.63) is 48.3 Å². The third kappa shape index (κ3) is 3.01. The molecule has 0 saturated carbocycles. The number of aromatic nitrogens is 1. The zero-order chi connectivity index (χ0) is 17.1. The molecule has 0 radical (unpaired) electrons. The number of ether oxygens (including phenoxy) is 1. The van der Waals surface area contributed by atoms with Gasteiger partial charge in [-0.2, -0.15) is 0 Å². The van der Waals surface area contributed by atoms with Gasteiger partial charge in [0.05, 0.1) is 7.11 Å². The van der Waals surface area contributed by atoms with Gasteiger partial charge in [-0.15, -0.1) is 0 Å². The predicted octanol–water partition coefficient (Wildman–Crippen LogP) is 1.28. The van der Waals surface area contributed by atoms with Crippen molar-refractivity contribution in [2.24, 2.45) is 0 Å². The lowest BCUT2D eigenvalue weighted by molar-refractivity contribution is -0.120. The van der Waals surface area contributed by atoms with Gasteiger partial charge in [0.1, 0.15) is 18.0 Å². The Labute approximate surface area is 139 Å². The van der Waals surface area contributed by atoms with E-state index in [1.54, 1.807) is 24.1 Å². The number of hydrogen-bond donors (Lipinski definition) is 1. The number of pyridine rings is 1. The second-order valence-corrected chi connectivity index (χ2v) is 5.34. The average molecular weight is 327 g/mol. The number of aromatic hydroxyl groups is 1. The summed E-state index contributed by atoms with van der Waals surface area (Å²) in [7, 11) is 1.57. The minimum Gasteiger partial charge on any atom is -0.505 e. The average Bonchev–Trinajstić information content (AvgIpc) is 2.61. The van der Waals surface area contributed by atoms with Crippen LogP contribution in [0.5, 0.6) is 11.5 Å². The summed E-state index contributed by atoms with van der Waals surface area (Å²) in [5.41, 5.74) is 0.687. The van der Waals surface area contributed by atoms with Gasteiger partial charge >= 0.3 is 0 Å². The summed E-state index contributed by atoms with van der Waals surface area (Å²) in [4.78, 5) is 31.8. The van der Waals surface area contributed by atoms with Crippen molar-refractivity contribution in [3.8, 4) is 11.5 Å². The fraction of sp³-hybridized carbons (Fsp3) is 0.235. The van der Waals surface area contributed by atoms with E-state index in [1.807, 2.05) is 12.1 Å². The topological polar surface area (TPSA) is 83.0 Å². The van der Waals surface area contributed by atoms with E-state index in [1.165, 1.54) is 23.2 Å². The highest BCUT2D eigenvalue weighted by Gasteiger charge is 2.30. The standard InChI is InChI=1S/C17H17N3O4/c1-24-13-5-2-4-12(10-13)20-9-8-19(11-15(20)22)17(23)16-14(21)6-3-7-18-16/h2-7,10,21H,8-9,11H2,1H3. The molecule has 2 heterocycles. The number of amides is 2. The summed E-state index contributed by atoms with van der Waals surface area (Å²) in [5, 5.41) is 9.75. The van der Waals surface area contributed by atoms with Crippen molar-refractivity contribution in [2.45, 2.75) is 0 Å². The lowest BCUT2D eigenvalue weighted by Gasteiger charge is -2.34. The van der Waals surface area contributed by atoms with E-state index < -0.39 is 5.91 Å².